The highest BCUT2D eigenvalue weighted by atomic mass is 16.5. The number of benzene rings is 1. The summed E-state index contributed by atoms with van der Waals surface area (Å²) in [6, 6.07) is 9.69. The van der Waals surface area contributed by atoms with E-state index in [2.05, 4.69) is 55.4 Å². The quantitative estimate of drug-likeness (QED) is 0.880. The molecule has 0 radical (unpaired) electrons. The van der Waals surface area contributed by atoms with Crippen molar-refractivity contribution in [2.75, 3.05) is 26.8 Å². The summed E-state index contributed by atoms with van der Waals surface area (Å²) in [6.07, 6.45) is 1.14. The molecule has 1 heterocycles. The van der Waals surface area contributed by atoms with E-state index in [0.29, 0.717) is 12.1 Å². The second-order valence-electron chi connectivity index (χ2n) is 5.65. The van der Waals surface area contributed by atoms with Gasteiger partial charge in [-0.1, -0.05) is 24.3 Å². The maximum atomic E-state index is 5.52. The molecule has 0 amide bonds. The van der Waals surface area contributed by atoms with Crippen molar-refractivity contribution in [3.05, 3.63) is 35.4 Å². The molecule has 0 spiro atoms. The van der Waals surface area contributed by atoms with Crippen molar-refractivity contribution in [1.82, 2.24) is 10.2 Å². The van der Waals surface area contributed by atoms with Crippen molar-refractivity contribution in [3.8, 4) is 0 Å². The number of morpholine rings is 1. The largest absolute Gasteiger partial charge is 0.379 e. The van der Waals surface area contributed by atoms with E-state index in [-0.39, 0.29) is 0 Å². The van der Waals surface area contributed by atoms with Crippen molar-refractivity contribution in [3.63, 3.8) is 0 Å². The topological polar surface area (TPSA) is 24.5 Å². The number of hydrogen-bond acceptors (Lipinski definition) is 3. The molecule has 1 aromatic rings. The predicted molar refractivity (Wildman–Crippen MR) is 79.3 cm³/mol. The Morgan fingerprint density at radius 2 is 2.21 bits per heavy atom. The van der Waals surface area contributed by atoms with Crippen LogP contribution in [0.3, 0.4) is 0 Å². The SMILES string of the molecule is Cc1ccccc1CN(C)C(C)CC1COCCN1. The van der Waals surface area contributed by atoms with Crippen LogP contribution in [-0.2, 0) is 11.3 Å². The van der Waals surface area contributed by atoms with Crippen LogP contribution in [0.15, 0.2) is 24.3 Å². The number of rotatable bonds is 5. The van der Waals surface area contributed by atoms with E-state index in [1.54, 1.807) is 0 Å². The summed E-state index contributed by atoms with van der Waals surface area (Å²) in [6.45, 7) is 8.19. The van der Waals surface area contributed by atoms with E-state index in [9.17, 15) is 0 Å². The highest BCUT2D eigenvalue weighted by Crippen LogP contribution is 2.14. The second-order valence-corrected chi connectivity index (χ2v) is 5.65. The molecular formula is C16H26N2O. The van der Waals surface area contributed by atoms with E-state index in [1.165, 1.54) is 11.1 Å². The molecular weight excluding hydrogens is 236 g/mol. The highest BCUT2D eigenvalue weighted by Gasteiger charge is 2.19. The van der Waals surface area contributed by atoms with Crippen molar-refractivity contribution in [2.24, 2.45) is 0 Å². The molecule has 0 aromatic heterocycles. The smallest absolute Gasteiger partial charge is 0.0620 e. The van der Waals surface area contributed by atoms with Crippen molar-refractivity contribution < 1.29 is 4.74 Å². The number of ether oxygens (including phenoxy) is 1. The first kappa shape index (κ1) is 14.5. The lowest BCUT2D eigenvalue weighted by Crippen LogP contribution is -2.45. The summed E-state index contributed by atoms with van der Waals surface area (Å²) < 4.78 is 5.52. The monoisotopic (exact) mass is 262 g/mol. The summed E-state index contributed by atoms with van der Waals surface area (Å²) in [7, 11) is 2.21. The van der Waals surface area contributed by atoms with Gasteiger partial charge in [0.05, 0.1) is 13.2 Å². The Bertz CT molecular complexity index is 388. The van der Waals surface area contributed by atoms with Gasteiger partial charge in [-0.3, -0.25) is 4.90 Å². The molecule has 0 saturated carbocycles. The van der Waals surface area contributed by atoms with E-state index in [4.69, 9.17) is 4.74 Å². The lowest BCUT2D eigenvalue weighted by molar-refractivity contribution is 0.0638. The van der Waals surface area contributed by atoms with Gasteiger partial charge < -0.3 is 10.1 Å². The fourth-order valence-corrected chi connectivity index (χ4v) is 2.57. The summed E-state index contributed by atoms with van der Waals surface area (Å²) >= 11 is 0. The van der Waals surface area contributed by atoms with E-state index < -0.39 is 0 Å². The molecule has 1 aliphatic heterocycles. The minimum absolute atomic E-state index is 0.503. The molecule has 1 fully saturated rings. The normalized spacial score (nSPS) is 21.6. The standard InChI is InChI=1S/C16H26N2O/c1-13-6-4-5-7-15(13)11-18(3)14(2)10-16-12-19-9-8-17-16/h4-7,14,16-17H,8-12H2,1-3H3. The number of hydrogen-bond donors (Lipinski definition) is 1. The summed E-state index contributed by atoms with van der Waals surface area (Å²) in [4.78, 5) is 2.43. The van der Waals surface area contributed by atoms with Crippen LogP contribution in [0.5, 0.6) is 0 Å². The molecule has 2 unspecified atom stereocenters. The maximum absolute atomic E-state index is 5.52. The van der Waals surface area contributed by atoms with Crippen LogP contribution in [0.1, 0.15) is 24.5 Å². The van der Waals surface area contributed by atoms with Gasteiger partial charge in [0.25, 0.3) is 0 Å². The Labute approximate surface area is 116 Å². The number of nitrogens with one attached hydrogen (secondary N) is 1. The molecule has 1 N–H and O–H groups in total. The first-order valence-electron chi connectivity index (χ1n) is 7.22. The van der Waals surface area contributed by atoms with Crippen LogP contribution < -0.4 is 5.32 Å². The van der Waals surface area contributed by atoms with Gasteiger partial charge in [-0.05, 0) is 38.4 Å². The summed E-state index contributed by atoms with van der Waals surface area (Å²) in [5.41, 5.74) is 2.80. The minimum atomic E-state index is 0.503. The molecule has 3 heteroatoms. The first-order valence-corrected chi connectivity index (χ1v) is 7.22. The summed E-state index contributed by atoms with van der Waals surface area (Å²) in [5.74, 6) is 0. The van der Waals surface area contributed by atoms with Gasteiger partial charge in [-0.2, -0.15) is 0 Å². The van der Waals surface area contributed by atoms with E-state index >= 15 is 0 Å². The highest BCUT2D eigenvalue weighted by molar-refractivity contribution is 5.25. The third-order valence-electron chi connectivity index (χ3n) is 4.06. The second kappa shape index (κ2) is 7.04. The maximum Gasteiger partial charge on any atom is 0.0620 e. The Morgan fingerprint density at radius 1 is 1.42 bits per heavy atom. The van der Waals surface area contributed by atoms with Gasteiger partial charge >= 0.3 is 0 Å². The molecule has 0 bridgehead atoms. The molecule has 2 atom stereocenters. The molecule has 2 rings (SSSR count). The zero-order valence-electron chi connectivity index (χ0n) is 12.4. The van der Waals surface area contributed by atoms with Gasteiger partial charge in [0.2, 0.25) is 0 Å². The number of nitrogens with zero attached hydrogens (tertiary/aromatic N) is 1. The van der Waals surface area contributed by atoms with Crippen LogP contribution in [0.4, 0.5) is 0 Å². The Balaban J connectivity index is 1.85. The van der Waals surface area contributed by atoms with Gasteiger partial charge in [-0.25, -0.2) is 0 Å². The molecule has 106 valence electrons. The average molecular weight is 262 g/mol. The van der Waals surface area contributed by atoms with Gasteiger partial charge in [0.15, 0.2) is 0 Å². The fourth-order valence-electron chi connectivity index (χ4n) is 2.57. The lowest BCUT2D eigenvalue weighted by atomic mass is 10.0. The molecule has 1 aromatic carbocycles. The van der Waals surface area contributed by atoms with Crippen molar-refractivity contribution >= 4 is 0 Å². The molecule has 19 heavy (non-hydrogen) atoms. The van der Waals surface area contributed by atoms with Gasteiger partial charge in [0, 0.05) is 25.2 Å². The van der Waals surface area contributed by atoms with Crippen LogP contribution in [0.25, 0.3) is 0 Å². The van der Waals surface area contributed by atoms with Crippen LogP contribution >= 0.6 is 0 Å². The van der Waals surface area contributed by atoms with Crippen molar-refractivity contribution in [2.45, 2.75) is 38.9 Å². The zero-order valence-corrected chi connectivity index (χ0v) is 12.4. The minimum Gasteiger partial charge on any atom is -0.379 e. The predicted octanol–water partition coefficient (Wildman–Crippen LogP) is 2.19. The third-order valence-corrected chi connectivity index (χ3v) is 4.06. The van der Waals surface area contributed by atoms with E-state index in [0.717, 1.165) is 32.7 Å². The number of aryl methyl sites for hydroxylation is 1. The molecule has 1 aliphatic rings. The molecule has 1 saturated heterocycles. The van der Waals surface area contributed by atoms with Gasteiger partial charge in [0.1, 0.15) is 0 Å². The van der Waals surface area contributed by atoms with Crippen molar-refractivity contribution in [1.29, 1.82) is 0 Å². The molecule has 0 aliphatic carbocycles. The first-order chi connectivity index (χ1) is 9.16. The van der Waals surface area contributed by atoms with Crippen LogP contribution in [0, 0.1) is 6.92 Å². The Kier molecular flexibility index (Phi) is 5.37. The zero-order chi connectivity index (χ0) is 13.7. The lowest BCUT2D eigenvalue weighted by Gasteiger charge is -2.31. The fraction of sp³-hybridized carbons (Fsp3) is 0.625. The van der Waals surface area contributed by atoms with Crippen LogP contribution in [0.2, 0.25) is 0 Å². The third kappa shape index (κ3) is 4.30. The van der Waals surface area contributed by atoms with Gasteiger partial charge in [-0.15, -0.1) is 0 Å². The van der Waals surface area contributed by atoms with E-state index in [1.807, 2.05) is 0 Å². The average Bonchev–Trinajstić information content (AvgIpc) is 2.42. The van der Waals surface area contributed by atoms with Crippen LogP contribution in [-0.4, -0.2) is 43.8 Å². The Hall–Kier alpha value is -0.900. The Morgan fingerprint density at radius 3 is 2.89 bits per heavy atom. The molecule has 3 nitrogen and oxygen atoms in total. The summed E-state index contributed by atoms with van der Waals surface area (Å²) in [5, 5.41) is 3.53.